The number of nitrogens with zero attached hydrogens (tertiary/aromatic N) is 2. The first-order chi connectivity index (χ1) is 13.4. The van der Waals surface area contributed by atoms with Crippen molar-refractivity contribution >= 4 is 28.7 Å². The quantitative estimate of drug-likeness (QED) is 0.529. The van der Waals surface area contributed by atoms with E-state index < -0.39 is 17.5 Å². The van der Waals surface area contributed by atoms with Gasteiger partial charge in [-0.25, -0.2) is 8.78 Å². The molecule has 144 valence electrons. The van der Waals surface area contributed by atoms with Crippen LogP contribution in [-0.2, 0) is 11.3 Å². The number of rotatable bonds is 7. The lowest BCUT2D eigenvalue weighted by atomic mass is 10.1. The first-order valence-corrected chi connectivity index (χ1v) is 9.50. The van der Waals surface area contributed by atoms with Crippen molar-refractivity contribution in [3.63, 3.8) is 0 Å². The van der Waals surface area contributed by atoms with Crippen molar-refractivity contribution in [2.45, 2.75) is 26.3 Å². The lowest BCUT2D eigenvalue weighted by Gasteiger charge is -2.23. The fourth-order valence-corrected chi connectivity index (χ4v) is 3.56. The van der Waals surface area contributed by atoms with Crippen LogP contribution in [0.3, 0.4) is 0 Å². The zero-order valence-corrected chi connectivity index (χ0v) is 16.0. The summed E-state index contributed by atoms with van der Waals surface area (Å²) in [5.74, 6) is -2.14. The SMILES string of the molecule is Cc1ccc(C(=O)CCC(=O)N(Cc2ccccn2)c2ccc(F)cc2F)s1. The van der Waals surface area contributed by atoms with Gasteiger partial charge in [0.05, 0.1) is 22.8 Å². The number of thiophene rings is 1. The highest BCUT2D eigenvalue weighted by atomic mass is 32.1. The van der Waals surface area contributed by atoms with E-state index in [9.17, 15) is 18.4 Å². The van der Waals surface area contributed by atoms with Crippen molar-refractivity contribution in [3.8, 4) is 0 Å². The van der Waals surface area contributed by atoms with E-state index in [2.05, 4.69) is 4.98 Å². The van der Waals surface area contributed by atoms with Crippen molar-refractivity contribution in [1.29, 1.82) is 0 Å². The maximum atomic E-state index is 14.3. The monoisotopic (exact) mass is 400 g/mol. The molecule has 0 unspecified atom stereocenters. The van der Waals surface area contributed by atoms with E-state index in [-0.39, 0.29) is 30.9 Å². The van der Waals surface area contributed by atoms with Gasteiger partial charge in [0, 0.05) is 30.0 Å². The van der Waals surface area contributed by atoms with Gasteiger partial charge in [-0.1, -0.05) is 6.07 Å². The number of hydrogen-bond acceptors (Lipinski definition) is 4. The van der Waals surface area contributed by atoms with Gasteiger partial charge in [0.25, 0.3) is 0 Å². The van der Waals surface area contributed by atoms with Crippen molar-refractivity contribution in [3.05, 3.63) is 81.8 Å². The Bertz CT molecular complexity index is 989. The molecule has 28 heavy (non-hydrogen) atoms. The second-order valence-electron chi connectivity index (χ2n) is 6.23. The fraction of sp³-hybridized carbons (Fsp3) is 0.190. The zero-order chi connectivity index (χ0) is 20.1. The van der Waals surface area contributed by atoms with E-state index in [1.807, 2.05) is 13.0 Å². The van der Waals surface area contributed by atoms with Crippen LogP contribution >= 0.6 is 11.3 Å². The number of amides is 1. The van der Waals surface area contributed by atoms with Gasteiger partial charge >= 0.3 is 0 Å². The molecule has 0 bridgehead atoms. The Hall–Kier alpha value is -2.93. The van der Waals surface area contributed by atoms with E-state index in [0.29, 0.717) is 10.6 Å². The first kappa shape index (κ1) is 19.8. The number of aromatic nitrogens is 1. The van der Waals surface area contributed by atoms with E-state index in [1.54, 1.807) is 30.5 Å². The molecule has 0 atom stereocenters. The Kier molecular flexibility index (Phi) is 6.26. The molecule has 0 fully saturated rings. The summed E-state index contributed by atoms with van der Waals surface area (Å²) in [6.07, 6.45) is 1.50. The maximum absolute atomic E-state index is 14.3. The molecule has 3 aromatic rings. The predicted octanol–water partition coefficient (Wildman–Crippen LogP) is 4.93. The van der Waals surface area contributed by atoms with E-state index >= 15 is 0 Å². The van der Waals surface area contributed by atoms with Gasteiger partial charge in [-0.15, -0.1) is 11.3 Å². The lowest BCUT2D eigenvalue weighted by molar-refractivity contribution is -0.118. The van der Waals surface area contributed by atoms with Crippen LogP contribution in [0.5, 0.6) is 0 Å². The number of halogens is 2. The van der Waals surface area contributed by atoms with Gasteiger partial charge in [0.1, 0.15) is 11.6 Å². The molecular weight excluding hydrogens is 382 g/mol. The van der Waals surface area contributed by atoms with Crippen LogP contribution in [0, 0.1) is 18.6 Å². The van der Waals surface area contributed by atoms with E-state index in [1.165, 1.54) is 22.3 Å². The van der Waals surface area contributed by atoms with Gasteiger partial charge in [0.2, 0.25) is 5.91 Å². The molecule has 0 aliphatic rings. The number of carbonyl (C=O) groups is 2. The number of pyridine rings is 1. The van der Waals surface area contributed by atoms with Crippen molar-refractivity contribution < 1.29 is 18.4 Å². The van der Waals surface area contributed by atoms with Gasteiger partial charge in [-0.05, 0) is 43.3 Å². The minimum Gasteiger partial charge on any atom is -0.304 e. The Balaban J connectivity index is 1.79. The smallest absolute Gasteiger partial charge is 0.227 e. The summed E-state index contributed by atoms with van der Waals surface area (Å²) >= 11 is 1.37. The Morgan fingerprint density at radius 1 is 1.07 bits per heavy atom. The highest BCUT2D eigenvalue weighted by molar-refractivity contribution is 7.14. The summed E-state index contributed by atoms with van der Waals surface area (Å²) in [5.41, 5.74) is 0.510. The van der Waals surface area contributed by atoms with Crippen molar-refractivity contribution in [2.24, 2.45) is 0 Å². The van der Waals surface area contributed by atoms with Crippen LogP contribution in [-0.4, -0.2) is 16.7 Å². The summed E-state index contributed by atoms with van der Waals surface area (Å²) < 4.78 is 27.6. The van der Waals surface area contributed by atoms with Crippen LogP contribution in [0.1, 0.15) is 33.1 Å². The summed E-state index contributed by atoms with van der Waals surface area (Å²) in [6, 6.07) is 11.8. The largest absolute Gasteiger partial charge is 0.304 e. The summed E-state index contributed by atoms with van der Waals surface area (Å²) in [5, 5.41) is 0. The summed E-state index contributed by atoms with van der Waals surface area (Å²) in [7, 11) is 0. The molecule has 0 saturated carbocycles. The molecule has 0 aliphatic carbocycles. The van der Waals surface area contributed by atoms with Crippen LogP contribution < -0.4 is 4.90 Å². The molecule has 3 rings (SSSR count). The maximum Gasteiger partial charge on any atom is 0.227 e. The molecule has 1 aromatic carbocycles. The van der Waals surface area contributed by atoms with Crippen LogP contribution in [0.2, 0.25) is 0 Å². The Morgan fingerprint density at radius 3 is 2.54 bits per heavy atom. The molecule has 2 aromatic heterocycles. The van der Waals surface area contributed by atoms with E-state index in [0.717, 1.165) is 17.0 Å². The highest BCUT2D eigenvalue weighted by Crippen LogP contribution is 2.24. The fourth-order valence-electron chi connectivity index (χ4n) is 2.72. The number of carbonyl (C=O) groups excluding carboxylic acids is 2. The van der Waals surface area contributed by atoms with Crippen molar-refractivity contribution in [2.75, 3.05) is 4.90 Å². The molecule has 7 heteroatoms. The predicted molar refractivity (Wildman–Crippen MR) is 104 cm³/mol. The zero-order valence-electron chi connectivity index (χ0n) is 15.2. The van der Waals surface area contributed by atoms with Gasteiger partial charge in [0.15, 0.2) is 5.78 Å². The third-order valence-corrected chi connectivity index (χ3v) is 5.17. The minimum absolute atomic E-state index is 0.0142. The van der Waals surface area contributed by atoms with Gasteiger partial charge < -0.3 is 4.90 Å². The number of hydrogen-bond donors (Lipinski definition) is 0. The van der Waals surface area contributed by atoms with Gasteiger partial charge in [-0.2, -0.15) is 0 Å². The molecule has 1 amide bonds. The highest BCUT2D eigenvalue weighted by Gasteiger charge is 2.22. The average Bonchev–Trinajstić information content (AvgIpc) is 3.12. The lowest BCUT2D eigenvalue weighted by Crippen LogP contribution is -2.31. The third kappa shape index (κ3) is 4.86. The molecule has 0 spiro atoms. The number of Topliss-reactive ketones (excluding diaryl/α,β-unsaturated/α-hetero) is 1. The second kappa shape index (κ2) is 8.84. The Morgan fingerprint density at radius 2 is 1.89 bits per heavy atom. The molecule has 0 N–H and O–H groups in total. The number of aryl methyl sites for hydroxylation is 1. The van der Waals surface area contributed by atoms with Gasteiger partial charge in [-0.3, -0.25) is 14.6 Å². The molecular formula is C21H18F2N2O2S. The molecule has 4 nitrogen and oxygen atoms in total. The number of benzene rings is 1. The number of anilines is 1. The average molecular weight is 400 g/mol. The summed E-state index contributed by atoms with van der Waals surface area (Å²) in [6.45, 7) is 1.92. The van der Waals surface area contributed by atoms with E-state index in [4.69, 9.17) is 0 Å². The standard InChI is InChI=1S/C21H18F2N2O2S/c1-14-5-9-20(28-14)19(26)8-10-21(27)25(13-16-4-2-3-11-24-16)18-7-6-15(22)12-17(18)23/h2-7,9,11-12H,8,10,13H2,1H3. The van der Waals surface area contributed by atoms with Crippen LogP contribution in [0.4, 0.5) is 14.5 Å². The molecule has 2 heterocycles. The summed E-state index contributed by atoms with van der Waals surface area (Å²) in [4.78, 5) is 32.1. The molecule has 0 saturated heterocycles. The number of ketones is 1. The topological polar surface area (TPSA) is 50.3 Å². The normalized spacial score (nSPS) is 10.7. The van der Waals surface area contributed by atoms with Crippen LogP contribution in [0.25, 0.3) is 0 Å². The third-order valence-electron chi connectivity index (χ3n) is 4.13. The molecule has 0 radical (unpaired) electrons. The minimum atomic E-state index is -0.843. The Labute approximate surface area is 165 Å². The van der Waals surface area contributed by atoms with Crippen molar-refractivity contribution in [1.82, 2.24) is 4.98 Å². The molecule has 0 aliphatic heterocycles. The van der Waals surface area contributed by atoms with Crippen LogP contribution in [0.15, 0.2) is 54.7 Å². The second-order valence-corrected chi connectivity index (χ2v) is 7.52. The first-order valence-electron chi connectivity index (χ1n) is 8.69.